The van der Waals surface area contributed by atoms with E-state index < -0.39 is 11.8 Å². The topological polar surface area (TPSA) is 114 Å². The Balaban J connectivity index is 1.43. The fraction of sp³-hybridized carbons (Fsp3) is 0.0909. The van der Waals surface area contributed by atoms with Gasteiger partial charge in [0.15, 0.2) is 5.78 Å². The molecule has 0 saturated carbocycles. The van der Waals surface area contributed by atoms with Crippen molar-refractivity contribution in [3.63, 3.8) is 0 Å². The lowest BCUT2D eigenvalue weighted by Gasteiger charge is -2.12. The Morgan fingerprint density at radius 3 is 2.14 bits per heavy atom. The van der Waals surface area contributed by atoms with Crippen LogP contribution in [0.3, 0.4) is 0 Å². The lowest BCUT2D eigenvalue weighted by Crippen LogP contribution is -2.30. The van der Waals surface area contributed by atoms with Crippen molar-refractivity contribution in [1.82, 2.24) is 5.32 Å². The zero-order chi connectivity index (χ0) is 29.9. The minimum absolute atomic E-state index is 0.0441. The molecule has 8 nitrogen and oxygen atoms in total. The summed E-state index contributed by atoms with van der Waals surface area (Å²) >= 11 is 1.31. The van der Waals surface area contributed by atoms with Gasteiger partial charge in [-0.25, -0.2) is 0 Å². The second-order valence-electron chi connectivity index (χ2n) is 9.10. The average molecular weight is 580 g/mol. The van der Waals surface area contributed by atoms with Crippen LogP contribution in [-0.4, -0.2) is 36.4 Å². The summed E-state index contributed by atoms with van der Waals surface area (Å²) in [4.78, 5) is 50.9. The van der Waals surface area contributed by atoms with Crippen LogP contribution in [0.4, 0.5) is 11.4 Å². The monoisotopic (exact) mass is 579 g/mol. The van der Waals surface area contributed by atoms with Crippen LogP contribution < -0.4 is 20.7 Å². The van der Waals surface area contributed by atoms with Crippen LogP contribution in [0.15, 0.2) is 114 Å². The highest BCUT2D eigenvalue weighted by Crippen LogP contribution is 2.23. The van der Waals surface area contributed by atoms with Gasteiger partial charge in [0, 0.05) is 27.4 Å². The number of anilines is 2. The fourth-order valence-corrected chi connectivity index (χ4v) is 4.56. The number of ether oxygens (including phenoxy) is 1. The number of ketones is 1. The highest BCUT2D eigenvalue weighted by Gasteiger charge is 2.16. The predicted octanol–water partition coefficient (Wildman–Crippen LogP) is 6.04. The van der Waals surface area contributed by atoms with E-state index in [1.165, 1.54) is 18.7 Å². The molecule has 0 fully saturated rings. The first kappa shape index (κ1) is 29.8. The van der Waals surface area contributed by atoms with Crippen molar-refractivity contribution in [2.24, 2.45) is 0 Å². The maximum absolute atomic E-state index is 13.3. The van der Waals surface area contributed by atoms with Crippen molar-refractivity contribution < 1.29 is 23.9 Å². The van der Waals surface area contributed by atoms with E-state index in [4.69, 9.17) is 4.74 Å². The Morgan fingerprint density at radius 1 is 0.762 bits per heavy atom. The molecule has 0 heterocycles. The first-order chi connectivity index (χ1) is 20.3. The first-order valence-corrected chi connectivity index (χ1v) is 14.0. The minimum Gasteiger partial charge on any atom is -0.497 e. The summed E-state index contributed by atoms with van der Waals surface area (Å²) in [6.07, 6.45) is 1.58. The standard InChI is InChI=1S/C33H29N3O5S/c1-22(37)24-13-15-26(16-14-24)34-31(38)21-42-29-10-6-9-27(20-29)35-33(40)30(19-23-11-17-28(41-2)18-12-23)36-32(39)25-7-4-3-5-8-25/h3-20H,21H2,1-2H3,(H,34,38)(H,35,40)(H,36,39)/b30-19+. The van der Waals surface area contributed by atoms with Gasteiger partial charge in [-0.2, -0.15) is 0 Å². The van der Waals surface area contributed by atoms with Crippen molar-refractivity contribution in [3.05, 3.63) is 126 Å². The second kappa shape index (κ2) is 14.5. The number of Topliss-reactive ketones (excluding diaryl/α,β-unsaturated/α-hetero) is 1. The molecule has 0 spiro atoms. The SMILES string of the molecule is COc1ccc(/C=C(/NC(=O)c2ccccc2)C(=O)Nc2cccc(SCC(=O)Nc3ccc(C(C)=O)cc3)c2)cc1. The molecule has 3 amide bonds. The molecule has 0 atom stereocenters. The van der Waals surface area contributed by atoms with Gasteiger partial charge in [-0.15, -0.1) is 11.8 Å². The van der Waals surface area contributed by atoms with Gasteiger partial charge in [0.05, 0.1) is 12.9 Å². The molecule has 212 valence electrons. The highest BCUT2D eigenvalue weighted by atomic mass is 32.2. The van der Waals surface area contributed by atoms with Crippen LogP contribution in [0.1, 0.15) is 33.2 Å². The number of rotatable bonds is 11. The Kier molecular flexibility index (Phi) is 10.3. The van der Waals surface area contributed by atoms with Crippen LogP contribution in [0.2, 0.25) is 0 Å². The number of amides is 3. The molecule has 9 heteroatoms. The number of methoxy groups -OCH3 is 1. The summed E-state index contributed by atoms with van der Waals surface area (Å²) in [5.41, 5.74) is 2.84. The number of carbonyl (C=O) groups is 4. The lowest BCUT2D eigenvalue weighted by atomic mass is 10.1. The molecule has 0 unspecified atom stereocenters. The van der Waals surface area contributed by atoms with Crippen molar-refractivity contribution >= 4 is 52.7 Å². The van der Waals surface area contributed by atoms with Gasteiger partial charge in [-0.3, -0.25) is 19.2 Å². The summed E-state index contributed by atoms with van der Waals surface area (Å²) in [5, 5.41) is 8.36. The van der Waals surface area contributed by atoms with Crippen molar-refractivity contribution in [3.8, 4) is 5.75 Å². The van der Waals surface area contributed by atoms with Gasteiger partial charge in [0.1, 0.15) is 11.4 Å². The molecule has 0 saturated heterocycles. The van der Waals surface area contributed by atoms with Gasteiger partial charge in [-0.05, 0) is 85.3 Å². The normalized spacial score (nSPS) is 10.9. The van der Waals surface area contributed by atoms with Crippen molar-refractivity contribution in [2.45, 2.75) is 11.8 Å². The van der Waals surface area contributed by atoms with E-state index in [1.54, 1.807) is 110 Å². The van der Waals surface area contributed by atoms with Gasteiger partial charge >= 0.3 is 0 Å². The van der Waals surface area contributed by atoms with E-state index in [1.807, 2.05) is 6.07 Å². The number of hydrogen-bond acceptors (Lipinski definition) is 6. The van der Waals surface area contributed by atoms with Crippen molar-refractivity contribution in [2.75, 3.05) is 23.5 Å². The zero-order valence-corrected chi connectivity index (χ0v) is 23.9. The largest absolute Gasteiger partial charge is 0.497 e. The zero-order valence-electron chi connectivity index (χ0n) is 23.0. The maximum Gasteiger partial charge on any atom is 0.272 e. The van der Waals surface area contributed by atoms with Gasteiger partial charge in [-0.1, -0.05) is 36.4 Å². The first-order valence-electron chi connectivity index (χ1n) is 13.0. The van der Waals surface area contributed by atoms with E-state index in [0.29, 0.717) is 33.8 Å². The summed E-state index contributed by atoms with van der Waals surface area (Å²) < 4.78 is 5.20. The van der Waals surface area contributed by atoms with Crippen LogP contribution in [0.25, 0.3) is 6.08 Å². The molecule has 0 aliphatic rings. The summed E-state index contributed by atoms with van der Waals surface area (Å²) in [5.74, 6) is -0.376. The highest BCUT2D eigenvalue weighted by molar-refractivity contribution is 8.00. The predicted molar refractivity (Wildman–Crippen MR) is 166 cm³/mol. The Morgan fingerprint density at radius 2 is 1.48 bits per heavy atom. The van der Waals surface area contributed by atoms with Gasteiger partial charge < -0.3 is 20.7 Å². The van der Waals surface area contributed by atoms with E-state index in [0.717, 1.165) is 4.90 Å². The van der Waals surface area contributed by atoms with Crippen LogP contribution in [0, 0.1) is 0 Å². The molecule has 4 aromatic rings. The van der Waals surface area contributed by atoms with Crippen LogP contribution in [0.5, 0.6) is 5.75 Å². The van der Waals surface area contributed by atoms with E-state index in [-0.39, 0.29) is 23.1 Å². The quantitative estimate of drug-likeness (QED) is 0.113. The molecule has 4 rings (SSSR count). The molecular formula is C33H29N3O5S. The number of benzene rings is 4. The lowest BCUT2D eigenvalue weighted by molar-refractivity contribution is -0.114. The molecule has 0 aliphatic heterocycles. The maximum atomic E-state index is 13.3. The Hall–Kier alpha value is -5.15. The fourth-order valence-electron chi connectivity index (χ4n) is 3.81. The Bertz CT molecular complexity index is 1600. The third-order valence-corrected chi connectivity index (χ3v) is 6.99. The summed E-state index contributed by atoms with van der Waals surface area (Å²) in [6.45, 7) is 1.49. The number of thioether (sulfide) groups is 1. The molecule has 0 aromatic heterocycles. The van der Waals surface area contributed by atoms with E-state index >= 15 is 0 Å². The second-order valence-corrected chi connectivity index (χ2v) is 10.2. The third kappa shape index (κ3) is 8.67. The molecule has 0 aliphatic carbocycles. The van der Waals surface area contributed by atoms with Crippen molar-refractivity contribution in [1.29, 1.82) is 0 Å². The molecule has 0 bridgehead atoms. The molecular weight excluding hydrogens is 550 g/mol. The summed E-state index contributed by atoms with van der Waals surface area (Å²) in [7, 11) is 1.57. The van der Waals surface area contributed by atoms with E-state index in [9.17, 15) is 19.2 Å². The molecule has 3 N–H and O–H groups in total. The van der Waals surface area contributed by atoms with Gasteiger partial charge in [0.25, 0.3) is 11.8 Å². The third-order valence-electron chi connectivity index (χ3n) is 5.99. The molecule has 42 heavy (non-hydrogen) atoms. The molecule has 0 radical (unpaired) electrons. The van der Waals surface area contributed by atoms with E-state index in [2.05, 4.69) is 16.0 Å². The smallest absolute Gasteiger partial charge is 0.272 e. The minimum atomic E-state index is -0.510. The Labute approximate surface area is 248 Å². The average Bonchev–Trinajstić information content (AvgIpc) is 3.01. The molecule has 4 aromatic carbocycles. The summed E-state index contributed by atoms with van der Waals surface area (Å²) in [6, 6.07) is 29.5. The number of carbonyl (C=O) groups excluding carboxylic acids is 4. The van der Waals surface area contributed by atoms with Gasteiger partial charge in [0.2, 0.25) is 5.91 Å². The number of hydrogen-bond donors (Lipinski definition) is 3. The van der Waals surface area contributed by atoms with Crippen LogP contribution in [-0.2, 0) is 9.59 Å². The van der Waals surface area contributed by atoms with Crippen LogP contribution >= 0.6 is 11.8 Å². The number of nitrogens with one attached hydrogen (secondary N) is 3.